The summed E-state index contributed by atoms with van der Waals surface area (Å²) in [6, 6.07) is 8.63. The van der Waals surface area contributed by atoms with E-state index in [1.54, 1.807) is 11.8 Å². The Morgan fingerprint density at radius 2 is 2.13 bits per heavy atom. The van der Waals surface area contributed by atoms with E-state index in [4.69, 9.17) is 5.11 Å². The molecule has 0 aromatic heterocycles. The Balaban J connectivity index is 2.62. The van der Waals surface area contributed by atoms with Crippen molar-refractivity contribution in [1.29, 1.82) is 0 Å². The van der Waals surface area contributed by atoms with Gasteiger partial charge in [0.05, 0.1) is 0 Å². The fraction of sp³-hybridized carbons (Fsp3) is 0.364. The maximum atomic E-state index is 11.0. The molecule has 4 heteroatoms. The second-order valence-electron chi connectivity index (χ2n) is 3.13. The van der Waals surface area contributed by atoms with Gasteiger partial charge in [0.15, 0.2) is 0 Å². The van der Waals surface area contributed by atoms with E-state index in [-0.39, 0.29) is 0 Å². The van der Waals surface area contributed by atoms with Gasteiger partial charge in [-0.15, -0.1) is 0 Å². The van der Waals surface area contributed by atoms with E-state index >= 15 is 0 Å². The predicted octanol–water partition coefficient (Wildman–Crippen LogP) is 1.76. The second kappa shape index (κ2) is 6.48. The van der Waals surface area contributed by atoms with Crippen LogP contribution in [-0.4, -0.2) is 29.6 Å². The highest BCUT2D eigenvalue weighted by Crippen LogP contribution is 2.12. The van der Waals surface area contributed by atoms with Gasteiger partial charge in [-0.1, -0.05) is 30.3 Å². The number of carboxylic acids is 1. The minimum absolute atomic E-state index is 0.599. The molecule has 82 valence electrons. The van der Waals surface area contributed by atoms with Crippen LogP contribution in [0, 0.1) is 0 Å². The van der Waals surface area contributed by atoms with Crippen molar-refractivity contribution in [2.45, 2.75) is 6.04 Å². The third-order valence-electron chi connectivity index (χ3n) is 2.03. The van der Waals surface area contributed by atoms with Crippen LogP contribution in [0.2, 0.25) is 0 Å². The molecule has 0 aliphatic heterocycles. The highest BCUT2D eigenvalue weighted by Gasteiger charge is 2.17. The summed E-state index contributed by atoms with van der Waals surface area (Å²) in [6.45, 7) is 0.701. The highest BCUT2D eigenvalue weighted by molar-refractivity contribution is 7.98. The molecule has 0 saturated carbocycles. The molecule has 1 atom stereocenters. The van der Waals surface area contributed by atoms with Gasteiger partial charge in [0.2, 0.25) is 0 Å². The number of benzene rings is 1. The molecule has 15 heavy (non-hydrogen) atoms. The van der Waals surface area contributed by atoms with E-state index in [1.807, 2.05) is 36.6 Å². The summed E-state index contributed by atoms with van der Waals surface area (Å²) in [6.07, 6.45) is 2.00. The lowest BCUT2D eigenvalue weighted by molar-refractivity contribution is -0.139. The van der Waals surface area contributed by atoms with Gasteiger partial charge in [0.1, 0.15) is 6.04 Å². The molecule has 0 aliphatic rings. The lowest BCUT2D eigenvalue weighted by Gasteiger charge is -2.14. The van der Waals surface area contributed by atoms with Crippen molar-refractivity contribution in [3.63, 3.8) is 0 Å². The summed E-state index contributed by atoms with van der Waals surface area (Å²) in [5, 5.41) is 12.1. The Bertz CT molecular complexity index is 303. The van der Waals surface area contributed by atoms with Gasteiger partial charge in [-0.3, -0.25) is 10.1 Å². The van der Waals surface area contributed by atoms with Crippen LogP contribution in [0.1, 0.15) is 11.6 Å². The molecule has 1 rings (SSSR count). The van der Waals surface area contributed by atoms with Crippen LogP contribution in [0.5, 0.6) is 0 Å². The number of hydrogen-bond acceptors (Lipinski definition) is 3. The normalized spacial score (nSPS) is 12.3. The van der Waals surface area contributed by atoms with Crippen LogP contribution >= 0.6 is 11.8 Å². The molecular formula is C11H15NO2S. The maximum Gasteiger partial charge on any atom is 0.325 e. The highest BCUT2D eigenvalue weighted by atomic mass is 32.2. The van der Waals surface area contributed by atoms with E-state index < -0.39 is 12.0 Å². The zero-order valence-corrected chi connectivity index (χ0v) is 9.46. The van der Waals surface area contributed by atoms with Crippen molar-refractivity contribution in [3.8, 4) is 0 Å². The third-order valence-corrected chi connectivity index (χ3v) is 2.65. The molecule has 2 N–H and O–H groups in total. The van der Waals surface area contributed by atoms with Crippen molar-refractivity contribution >= 4 is 17.7 Å². The minimum Gasteiger partial charge on any atom is -0.480 e. The smallest absolute Gasteiger partial charge is 0.325 e. The van der Waals surface area contributed by atoms with Crippen LogP contribution < -0.4 is 5.32 Å². The summed E-state index contributed by atoms with van der Waals surface area (Å²) < 4.78 is 0. The lowest BCUT2D eigenvalue weighted by Crippen LogP contribution is -2.30. The lowest BCUT2D eigenvalue weighted by atomic mass is 10.1. The fourth-order valence-corrected chi connectivity index (χ4v) is 1.62. The first-order valence-electron chi connectivity index (χ1n) is 4.75. The summed E-state index contributed by atoms with van der Waals surface area (Å²) in [7, 11) is 0. The first-order valence-corrected chi connectivity index (χ1v) is 6.15. The Morgan fingerprint density at radius 3 is 2.67 bits per heavy atom. The van der Waals surface area contributed by atoms with Gasteiger partial charge in [0.25, 0.3) is 0 Å². The van der Waals surface area contributed by atoms with E-state index in [0.29, 0.717) is 6.54 Å². The molecule has 0 bridgehead atoms. The quantitative estimate of drug-likeness (QED) is 0.724. The van der Waals surface area contributed by atoms with E-state index in [9.17, 15) is 4.79 Å². The first-order chi connectivity index (χ1) is 7.25. The van der Waals surface area contributed by atoms with Gasteiger partial charge in [-0.2, -0.15) is 11.8 Å². The second-order valence-corrected chi connectivity index (χ2v) is 4.11. The standard InChI is InChI=1S/C11H15NO2S/c1-15-8-7-12-10(11(13)14)9-5-3-2-4-6-9/h2-6,10,12H,7-8H2,1H3,(H,13,14). The Hall–Kier alpha value is -1.00. The Labute approximate surface area is 93.9 Å². The predicted molar refractivity (Wildman–Crippen MR) is 63.2 cm³/mol. The molecule has 3 nitrogen and oxygen atoms in total. The van der Waals surface area contributed by atoms with Crippen molar-refractivity contribution in [2.24, 2.45) is 0 Å². The van der Waals surface area contributed by atoms with Crippen molar-refractivity contribution < 1.29 is 9.90 Å². The van der Waals surface area contributed by atoms with Crippen LogP contribution in [0.3, 0.4) is 0 Å². The maximum absolute atomic E-state index is 11.0. The Kier molecular flexibility index (Phi) is 5.21. The van der Waals surface area contributed by atoms with Crippen molar-refractivity contribution in [2.75, 3.05) is 18.6 Å². The number of rotatable bonds is 6. The van der Waals surface area contributed by atoms with Crippen molar-refractivity contribution in [1.82, 2.24) is 5.32 Å². The van der Waals surface area contributed by atoms with Gasteiger partial charge in [0, 0.05) is 12.3 Å². The fourth-order valence-electron chi connectivity index (χ4n) is 1.30. The van der Waals surface area contributed by atoms with E-state index in [2.05, 4.69) is 5.32 Å². The summed E-state index contributed by atoms with van der Waals surface area (Å²) in [5.74, 6) is 0.0821. The molecule has 1 unspecified atom stereocenters. The molecule has 0 aliphatic carbocycles. The number of thioether (sulfide) groups is 1. The van der Waals surface area contributed by atoms with Gasteiger partial charge in [-0.05, 0) is 11.8 Å². The van der Waals surface area contributed by atoms with Gasteiger partial charge in [-0.25, -0.2) is 0 Å². The average Bonchev–Trinajstić information content (AvgIpc) is 2.25. The van der Waals surface area contributed by atoms with Crippen molar-refractivity contribution in [3.05, 3.63) is 35.9 Å². The molecule has 0 spiro atoms. The SMILES string of the molecule is CSCCNC(C(=O)O)c1ccccc1. The van der Waals surface area contributed by atoms with Gasteiger partial charge < -0.3 is 5.11 Å². The van der Waals surface area contributed by atoms with Crippen LogP contribution in [0.25, 0.3) is 0 Å². The molecule has 0 fully saturated rings. The number of nitrogens with one attached hydrogen (secondary N) is 1. The third kappa shape index (κ3) is 3.93. The summed E-state index contributed by atoms with van der Waals surface area (Å²) in [5.41, 5.74) is 0.797. The molecule has 0 saturated heterocycles. The number of hydrogen-bond donors (Lipinski definition) is 2. The van der Waals surface area contributed by atoms with Crippen LogP contribution in [-0.2, 0) is 4.79 Å². The molecular weight excluding hydrogens is 210 g/mol. The average molecular weight is 225 g/mol. The zero-order valence-electron chi connectivity index (χ0n) is 8.64. The van der Waals surface area contributed by atoms with Crippen LogP contribution in [0.4, 0.5) is 0 Å². The molecule has 0 heterocycles. The monoisotopic (exact) mass is 225 g/mol. The van der Waals surface area contributed by atoms with Crippen LogP contribution in [0.15, 0.2) is 30.3 Å². The molecule has 1 aromatic rings. The number of carbonyl (C=O) groups is 1. The zero-order chi connectivity index (χ0) is 11.1. The minimum atomic E-state index is -0.831. The van der Waals surface area contributed by atoms with Gasteiger partial charge >= 0.3 is 5.97 Å². The topological polar surface area (TPSA) is 49.3 Å². The molecule has 0 amide bonds. The van der Waals surface area contributed by atoms with E-state index in [1.165, 1.54) is 0 Å². The first kappa shape index (κ1) is 12.1. The largest absolute Gasteiger partial charge is 0.480 e. The summed E-state index contributed by atoms with van der Waals surface area (Å²) in [4.78, 5) is 11.0. The number of aliphatic carboxylic acids is 1. The van der Waals surface area contributed by atoms with E-state index in [0.717, 1.165) is 11.3 Å². The number of carboxylic acid groups (broad SMARTS) is 1. The molecule has 0 radical (unpaired) electrons. The molecule has 1 aromatic carbocycles. The Morgan fingerprint density at radius 1 is 1.47 bits per heavy atom. The summed E-state index contributed by atoms with van der Waals surface area (Å²) >= 11 is 1.70.